The van der Waals surface area contributed by atoms with E-state index in [1.807, 2.05) is 0 Å². The van der Waals surface area contributed by atoms with Crippen molar-refractivity contribution in [2.45, 2.75) is 32.9 Å². The summed E-state index contributed by atoms with van der Waals surface area (Å²) in [5.74, 6) is 0.563. The third-order valence-corrected chi connectivity index (χ3v) is 3.66. The van der Waals surface area contributed by atoms with Crippen molar-refractivity contribution >= 4 is 5.95 Å². The molecule has 1 fully saturated rings. The van der Waals surface area contributed by atoms with Gasteiger partial charge in [0.1, 0.15) is 5.69 Å². The second-order valence-electron chi connectivity index (χ2n) is 5.13. The van der Waals surface area contributed by atoms with Crippen molar-refractivity contribution in [3.8, 4) is 0 Å². The van der Waals surface area contributed by atoms with E-state index < -0.39 is 11.9 Å². The highest BCUT2D eigenvalue weighted by Gasteiger charge is 2.45. The number of hydrogen-bond donors (Lipinski definition) is 1. The van der Waals surface area contributed by atoms with Crippen LogP contribution in [0.15, 0.2) is 12.3 Å². The van der Waals surface area contributed by atoms with E-state index in [-0.39, 0.29) is 11.4 Å². The summed E-state index contributed by atoms with van der Waals surface area (Å²) in [6, 6.07) is 0.876. The molecule has 1 aromatic rings. The normalized spacial score (nSPS) is 17.9. The number of aromatic nitrogens is 2. The van der Waals surface area contributed by atoms with Crippen LogP contribution in [0, 0.1) is 11.3 Å². The summed E-state index contributed by atoms with van der Waals surface area (Å²) in [5, 5.41) is 2.92. The van der Waals surface area contributed by atoms with Gasteiger partial charge in [0, 0.05) is 12.7 Å². The molecular formula is C12H16F3N3. The third-order valence-electron chi connectivity index (χ3n) is 3.66. The quantitative estimate of drug-likeness (QED) is 0.901. The fourth-order valence-corrected chi connectivity index (χ4v) is 1.98. The molecule has 100 valence electrons. The fourth-order valence-electron chi connectivity index (χ4n) is 1.98. The van der Waals surface area contributed by atoms with Gasteiger partial charge in [-0.3, -0.25) is 0 Å². The summed E-state index contributed by atoms with van der Waals surface area (Å²) in [6.45, 7) is 4.88. The Morgan fingerprint density at radius 2 is 2.06 bits per heavy atom. The van der Waals surface area contributed by atoms with E-state index in [0.717, 1.165) is 25.1 Å². The summed E-state index contributed by atoms with van der Waals surface area (Å²) in [5.41, 5.74) is -0.702. The average Bonchev–Trinajstić information content (AvgIpc) is 3.07. The van der Waals surface area contributed by atoms with Crippen molar-refractivity contribution in [1.82, 2.24) is 9.97 Å². The maximum Gasteiger partial charge on any atom is 0.433 e. The van der Waals surface area contributed by atoms with E-state index in [1.54, 1.807) is 0 Å². The number of hydrogen-bond acceptors (Lipinski definition) is 3. The lowest BCUT2D eigenvalue weighted by molar-refractivity contribution is -0.141. The van der Waals surface area contributed by atoms with Crippen molar-refractivity contribution in [2.75, 3.05) is 11.9 Å². The first-order chi connectivity index (χ1) is 8.33. The minimum atomic E-state index is -4.42. The highest BCUT2D eigenvalue weighted by Crippen LogP contribution is 2.51. The fraction of sp³-hybridized carbons (Fsp3) is 0.667. The molecule has 1 aliphatic carbocycles. The summed E-state index contributed by atoms with van der Waals surface area (Å²) in [6.07, 6.45) is -1.07. The SMILES string of the molecule is CC(C)C1(CNc2nccc(C(F)(F)F)n2)CC1. The Morgan fingerprint density at radius 1 is 1.39 bits per heavy atom. The molecule has 0 bridgehead atoms. The van der Waals surface area contributed by atoms with Crippen LogP contribution in [0.1, 0.15) is 32.4 Å². The van der Waals surface area contributed by atoms with Crippen LogP contribution in [0.25, 0.3) is 0 Å². The third kappa shape index (κ3) is 2.73. The number of rotatable bonds is 4. The number of nitrogens with zero attached hydrogens (tertiary/aromatic N) is 2. The van der Waals surface area contributed by atoms with E-state index in [4.69, 9.17) is 0 Å². The van der Waals surface area contributed by atoms with Gasteiger partial charge in [0.05, 0.1) is 0 Å². The Bertz CT molecular complexity index is 425. The van der Waals surface area contributed by atoms with Crippen LogP contribution in [-0.2, 0) is 6.18 Å². The Morgan fingerprint density at radius 3 is 2.56 bits per heavy atom. The van der Waals surface area contributed by atoms with Gasteiger partial charge in [0.2, 0.25) is 5.95 Å². The molecule has 1 aliphatic rings. The van der Waals surface area contributed by atoms with E-state index >= 15 is 0 Å². The molecule has 0 saturated heterocycles. The highest BCUT2D eigenvalue weighted by atomic mass is 19.4. The summed E-state index contributed by atoms with van der Waals surface area (Å²) in [7, 11) is 0. The predicted octanol–water partition coefficient (Wildman–Crippen LogP) is 3.34. The average molecular weight is 259 g/mol. The molecule has 0 radical (unpaired) electrons. The molecule has 1 aromatic heterocycles. The molecule has 1 N–H and O–H groups in total. The van der Waals surface area contributed by atoms with Gasteiger partial charge in [0.25, 0.3) is 0 Å². The topological polar surface area (TPSA) is 37.8 Å². The van der Waals surface area contributed by atoms with Crippen LogP contribution in [-0.4, -0.2) is 16.5 Å². The zero-order valence-electron chi connectivity index (χ0n) is 10.4. The maximum absolute atomic E-state index is 12.5. The lowest BCUT2D eigenvalue weighted by Gasteiger charge is -2.20. The molecule has 0 spiro atoms. The Hall–Kier alpha value is -1.33. The largest absolute Gasteiger partial charge is 0.433 e. The van der Waals surface area contributed by atoms with Crippen LogP contribution in [0.4, 0.5) is 19.1 Å². The number of alkyl halides is 3. The Labute approximate surface area is 104 Å². The smallest absolute Gasteiger partial charge is 0.354 e. The second-order valence-corrected chi connectivity index (χ2v) is 5.13. The van der Waals surface area contributed by atoms with Crippen molar-refractivity contribution in [1.29, 1.82) is 0 Å². The zero-order chi connectivity index (χ0) is 13.4. The lowest BCUT2D eigenvalue weighted by Crippen LogP contribution is -2.22. The molecule has 0 aliphatic heterocycles. The first kappa shape index (κ1) is 13.1. The molecule has 18 heavy (non-hydrogen) atoms. The molecule has 1 saturated carbocycles. The number of nitrogens with one attached hydrogen (secondary N) is 1. The van der Waals surface area contributed by atoms with Gasteiger partial charge in [-0.05, 0) is 30.2 Å². The van der Waals surface area contributed by atoms with Crippen molar-refractivity contribution < 1.29 is 13.2 Å². The molecule has 3 nitrogen and oxygen atoms in total. The molecule has 0 aromatic carbocycles. The van der Waals surface area contributed by atoms with E-state index in [1.165, 1.54) is 0 Å². The summed E-state index contributed by atoms with van der Waals surface area (Å²) < 4.78 is 37.4. The highest BCUT2D eigenvalue weighted by molar-refractivity contribution is 5.27. The van der Waals surface area contributed by atoms with Crippen LogP contribution in [0.3, 0.4) is 0 Å². The first-order valence-corrected chi connectivity index (χ1v) is 5.98. The standard InChI is InChI=1S/C12H16F3N3/c1-8(2)11(4-5-11)7-17-10-16-6-3-9(18-10)12(13,14)15/h3,6,8H,4-5,7H2,1-2H3,(H,16,17,18). The monoisotopic (exact) mass is 259 g/mol. The van der Waals surface area contributed by atoms with Gasteiger partial charge >= 0.3 is 6.18 Å². The lowest BCUT2D eigenvalue weighted by atomic mass is 9.92. The molecule has 6 heteroatoms. The zero-order valence-corrected chi connectivity index (χ0v) is 10.4. The molecule has 0 unspecified atom stereocenters. The predicted molar refractivity (Wildman–Crippen MR) is 62.0 cm³/mol. The van der Waals surface area contributed by atoms with Crippen molar-refractivity contribution in [3.63, 3.8) is 0 Å². The van der Waals surface area contributed by atoms with E-state index in [0.29, 0.717) is 12.5 Å². The van der Waals surface area contributed by atoms with Gasteiger partial charge in [0.15, 0.2) is 0 Å². The Kier molecular flexibility index (Phi) is 3.21. The summed E-state index contributed by atoms with van der Waals surface area (Å²) >= 11 is 0. The van der Waals surface area contributed by atoms with Gasteiger partial charge in [-0.1, -0.05) is 13.8 Å². The maximum atomic E-state index is 12.5. The van der Waals surface area contributed by atoms with Gasteiger partial charge in [-0.2, -0.15) is 13.2 Å². The minimum Gasteiger partial charge on any atom is -0.354 e. The second kappa shape index (κ2) is 4.40. The molecule has 1 heterocycles. The van der Waals surface area contributed by atoms with Crippen molar-refractivity contribution in [2.24, 2.45) is 11.3 Å². The first-order valence-electron chi connectivity index (χ1n) is 5.98. The molecule has 2 rings (SSSR count). The van der Waals surface area contributed by atoms with E-state index in [9.17, 15) is 13.2 Å². The van der Waals surface area contributed by atoms with Crippen LogP contribution >= 0.6 is 0 Å². The Balaban J connectivity index is 2.02. The van der Waals surface area contributed by atoms with Gasteiger partial charge < -0.3 is 5.32 Å². The van der Waals surface area contributed by atoms with E-state index in [2.05, 4.69) is 29.1 Å². The molecule has 0 amide bonds. The van der Waals surface area contributed by atoms with Crippen molar-refractivity contribution in [3.05, 3.63) is 18.0 Å². The number of anilines is 1. The van der Waals surface area contributed by atoms with Crippen LogP contribution in [0.2, 0.25) is 0 Å². The molecular weight excluding hydrogens is 243 g/mol. The van der Waals surface area contributed by atoms with Gasteiger partial charge in [-0.25, -0.2) is 9.97 Å². The van der Waals surface area contributed by atoms with Gasteiger partial charge in [-0.15, -0.1) is 0 Å². The molecule has 0 atom stereocenters. The number of halogens is 3. The summed E-state index contributed by atoms with van der Waals surface area (Å²) in [4.78, 5) is 7.31. The minimum absolute atomic E-state index is 0.0525. The van der Waals surface area contributed by atoms with Crippen LogP contribution < -0.4 is 5.32 Å². The van der Waals surface area contributed by atoms with Crippen LogP contribution in [0.5, 0.6) is 0 Å².